The molecule has 0 bridgehead atoms. The summed E-state index contributed by atoms with van der Waals surface area (Å²) in [5, 5.41) is 39.1. The van der Waals surface area contributed by atoms with E-state index in [4.69, 9.17) is 15.2 Å². The molecule has 0 amide bonds. The molecule has 0 radical (unpaired) electrons. The third kappa shape index (κ3) is 6.91. The van der Waals surface area contributed by atoms with Gasteiger partial charge in [0.15, 0.2) is 6.29 Å². The molecule has 2 saturated heterocycles. The van der Waals surface area contributed by atoms with E-state index in [-0.39, 0.29) is 6.42 Å². The van der Waals surface area contributed by atoms with Crippen LogP contribution < -0.4 is 17.0 Å². The van der Waals surface area contributed by atoms with E-state index in [1.54, 1.807) is 0 Å². The van der Waals surface area contributed by atoms with E-state index >= 15 is 0 Å². The highest BCUT2D eigenvalue weighted by molar-refractivity contribution is 7.61. The zero-order valence-electron chi connectivity index (χ0n) is 17.7. The first-order chi connectivity index (χ1) is 16.2. The fourth-order valence-electron chi connectivity index (χ4n) is 3.37. The van der Waals surface area contributed by atoms with Crippen molar-refractivity contribution in [2.75, 3.05) is 13.2 Å². The van der Waals surface area contributed by atoms with Crippen LogP contribution in [0.1, 0.15) is 12.6 Å². The number of nitrogens with zero attached hydrogens (tertiary/aromatic N) is 1. The molecular weight excluding hydrogens is 524 g/mol. The van der Waals surface area contributed by atoms with Crippen molar-refractivity contribution in [1.29, 1.82) is 0 Å². The highest BCUT2D eigenvalue weighted by atomic mass is 31.3. The molecule has 3 rings (SSSR count). The van der Waals surface area contributed by atoms with Gasteiger partial charge >= 0.3 is 21.3 Å². The summed E-state index contributed by atoms with van der Waals surface area (Å²) in [4.78, 5) is 44.6. The van der Waals surface area contributed by atoms with Crippen LogP contribution in [0, 0.1) is 0 Å². The average Bonchev–Trinajstić information content (AvgIpc) is 3.12. The predicted molar refractivity (Wildman–Crippen MR) is 109 cm³/mol. The molecule has 20 heteroatoms. The Morgan fingerprint density at radius 3 is 2.43 bits per heavy atom. The topological polar surface area (TPSA) is 283 Å². The first-order valence-corrected chi connectivity index (χ1v) is 12.9. The van der Waals surface area contributed by atoms with Crippen LogP contribution >= 0.6 is 15.6 Å². The van der Waals surface area contributed by atoms with E-state index in [1.165, 1.54) is 0 Å². The molecule has 1 aromatic rings. The summed E-state index contributed by atoms with van der Waals surface area (Å²) < 4.78 is 48.9. The van der Waals surface area contributed by atoms with Crippen molar-refractivity contribution in [1.82, 2.24) is 9.55 Å². The molecular formula is C15H25N3O15P2. The van der Waals surface area contributed by atoms with E-state index in [2.05, 4.69) is 13.4 Å². The lowest BCUT2D eigenvalue weighted by molar-refractivity contribution is -0.251. The fraction of sp³-hybridized carbons (Fsp3) is 0.733. The normalized spacial score (nSPS) is 37.0. The van der Waals surface area contributed by atoms with E-state index < -0.39 is 89.2 Å². The van der Waals surface area contributed by atoms with Gasteiger partial charge in [0.2, 0.25) is 0 Å². The highest BCUT2D eigenvalue weighted by Crippen LogP contribution is 2.61. The number of nitrogens with two attached hydrogens (primary N) is 1. The van der Waals surface area contributed by atoms with Crippen LogP contribution in [-0.2, 0) is 32.0 Å². The summed E-state index contributed by atoms with van der Waals surface area (Å²) >= 11 is 0. The van der Waals surface area contributed by atoms with Gasteiger partial charge in [0, 0.05) is 18.7 Å². The number of aromatic nitrogens is 2. The van der Waals surface area contributed by atoms with Gasteiger partial charge in [-0.2, -0.15) is 4.31 Å². The molecule has 2 fully saturated rings. The Balaban J connectivity index is 1.58. The van der Waals surface area contributed by atoms with E-state index in [0.717, 1.165) is 16.8 Å². The van der Waals surface area contributed by atoms with Crippen molar-refractivity contribution in [3.8, 4) is 0 Å². The van der Waals surface area contributed by atoms with Crippen molar-refractivity contribution in [2.45, 2.75) is 55.5 Å². The Morgan fingerprint density at radius 2 is 1.80 bits per heavy atom. The Hall–Kier alpha value is -1.34. The largest absolute Gasteiger partial charge is 0.483 e. The number of hydrogen-bond acceptors (Lipinski definition) is 14. The number of rotatable bonds is 9. The molecule has 3 heterocycles. The summed E-state index contributed by atoms with van der Waals surface area (Å²) in [6.45, 7) is -1.59. The van der Waals surface area contributed by atoms with Crippen LogP contribution in [0.3, 0.4) is 0 Å². The lowest BCUT2D eigenvalue weighted by Gasteiger charge is -2.40. The van der Waals surface area contributed by atoms with E-state index in [9.17, 15) is 48.9 Å². The van der Waals surface area contributed by atoms with Gasteiger partial charge in [-0.1, -0.05) is 0 Å². The molecule has 0 saturated carbocycles. The number of aromatic amines is 1. The van der Waals surface area contributed by atoms with Crippen molar-refractivity contribution in [3.05, 3.63) is 33.1 Å². The first-order valence-electron chi connectivity index (χ1n) is 9.96. The number of H-pyrrole nitrogens is 1. The minimum absolute atomic E-state index is 0.161. The van der Waals surface area contributed by atoms with E-state index in [0.29, 0.717) is 0 Å². The van der Waals surface area contributed by atoms with Crippen LogP contribution in [0.4, 0.5) is 0 Å². The lowest BCUT2D eigenvalue weighted by atomic mass is 9.97. The number of aliphatic hydroxyl groups excluding tert-OH is 4. The average molecular weight is 549 g/mol. The molecule has 200 valence electrons. The second-order valence-electron chi connectivity index (χ2n) is 7.65. The Bertz CT molecular complexity index is 1090. The molecule has 4 unspecified atom stereocenters. The lowest BCUT2D eigenvalue weighted by Crippen LogP contribution is -2.62. The molecule has 0 aromatic carbocycles. The maximum Gasteiger partial charge on any atom is 0.483 e. The third-order valence-electron chi connectivity index (χ3n) is 5.15. The van der Waals surface area contributed by atoms with Gasteiger partial charge in [0.05, 0.1) is 25.4 Å². The first kappa shape index (κ1) is 28.2. The molecule has 1 aromatic heterocycles. The van der Waals surface area contributed by atoms with Crippen LogP contribution in [0.25, 0.3) is 0 Å². The molecule has 35 heavy (non-hydrogen) atoms. The Kier molecular flexibility index (Phi) is 8.84. The number of phosphoric acid groups is 2. The number of ether oxygens (including phenoxy) is 2. The minimum Gasteiger partial charge on any atom is -0.394 e. The maximum absolute atomic E-state index is 12.2. The monoisotopic (exact) mass is 549 g/mol. The number of phosphoric ester groups is 2. The zero-order valence-corrected chi connectivity index (χ0v) is 19.5. The number of nitrogens with one attached hydrogen (secondary N) is 1. The summed E-state index contributed by atoms with van der Waals surface area (Å²) in [6, 6.07) is -0.229. The van der Waals surface area contributed by atoms with Gasteiger partial charge in [-0.15, -0.1) is 0 Å². The molecule has 2 aliphatic heterocycles. The molecule has 9 N–H and O–H groups in total. The second-order valence-corrected chi connectivity index (χ2v) is 10.7. The molecule has 2 aliphatic rings. The van der Waals surface area contributed by atoms with Crippen LogP contribution in [0.5, 0.6) is 0 Å². The van der Waals surface area contributed by atoms with Crippen LogP contribution in [0.15, 0.2) is 21.9 Å². The minimum atomic E-state index is -5.49. The second kappa shape index (κ2) is 11.0. The van der Waals surface area contributed by atoms with Crippen LogP contribution in [0.2, 0.25) is 0 Å². The Morgan fingerprint density at radius 1 is 1.11 bits per heavy atom. The van der Waals surface area contributed by atoms with Gasteiger partial charge in [-0.3, -0.25) is 23.4 Å². The smallest absolute Gasteiger partial charge is 0.394 e. The third-order valence-corrected chi connectivity index (χ3v) is 7.75. The Labute approximate surface area is 195 Å². The molecule has 18 nitrogen and oxygen atoms in total. The fourth-order valence-corrected chi connectivity index (χ4v) is 5.52. The number of hydrogen-bond donors (Lipinski definition) is 8. The summed E-state index contributed by atoms with van der Waals surface area (Å²) in [5.41, 5.74) is 4.05. The molecule has 0 spiro atoms. The van der Waals surface area contributed by atoms with Gasteiger partial charge in [-0.25, -0.2) is 13.9 Å². The SMILES string of the molecule is N[C@H]1[C@H](O)[C@@H](O)C(OP(=O)(O)OP(=O)(O)OC[C@H]2OC(n3ccc(=O)[nH]c3=O)C[C@@H]2O)O[C@@H]1CO. The van der Waals surface area contributed by atoms with Crippen molar-refractivity contribution in [2.24, 2.45) is 5.73 Å². The molecule has 0 aliphatic carbocycles. The maximum atomic E-state index is 12.2. The summed E-state index contributed by atoms with van der Waals surface area (Å²) in [6.07, 6.45) is -9.79. The number of aliphatic hydroxyl groups is 4. The quantitative estimate of drug-likeness (QED) is 0.137. The van der Waals surface area contributed by atoms with Crippen molar-refractivity contribution < 1.29 is 62.2 Å². The standard InChI is InChI=1S/C15H25N3O15P2/c16-11-7(4-19)31-14(13(23)12(11)22)32-35(27,28)33-34(25,26)29-5-8-6(20)3-10(30-8)18-2-1-9(21)17-15(18)24/h1-2,6-8,10-14,19-20,22-23H,3-5,16H2,(H,25,26)(H,27,28)(H,17,21,24)/t6-,7+,8+,10?,11+,12-,13+,14?/m0/s1. The highest BCUT2D eigenvalue weighted by Gasteiger charge is 2.48. The van der Waals surface area contributed by atoms with Crippen molar-refractivity contribution in [3.63, 3.8) is 0 Å². The van der Waals surface area contributed by atoms with Gasteiger partial charge in [0.25, 0.3) is 5.56 Å². The van der Waals surface area contributed by atoms with Crippen molar-refractivity contribution >= 4 is 15.6 Å². The van der Waals surface area contributed by atoms with Gasteiger partial charge in [-0.05, 0) is 0 Å². The summed E-state index contributed by atoms with van der Waals surface area (Å²) in [7, 11) is -10.8. The zero-order chi connectivity index (χ0) is 26.1. The van der Waals surface area contributed by atoms with Crippen LogP contribution in [-0.4, -0.2) is 95.8 Å². The van der Waals surface area contributed by atoms with E-state index in [1.807, 2.05) is 4.98 Å². The molecule has 10 atom stereocenters. The van der Waals surface area contributed by atoms with Gasteiger partial charge in [0.1, 0.15) is 30.6 Å². The predicted octanol–water partition coefficient (Wildman–Crippen LogP) is -3.80. The van der Waals surface area contributed by atoms with Gasteiger partial charge < -0.3 is 45.4 Å². The summed E-state index contributed by atoms with van der Waals surface area (Å²) in [5.74, 6) is 0.